The van der Waals surface area contributed by atoms with Gasteiger partial charge in [0.15, 0.2) is 11.5 Å². The van der Waals surface area contributed by atoms with E-state index in [1.165, 1.54) is 0 Å². The second-order valence-corrected chi connectivity index (χ2v) is 2.40. The first-order valence-corrected chi connectivity index (χ1v) is 3.68. The lowest BCUT2D eigenvalue weighted by Gasteiger charge is -1.97. The first kappa shape index (κ1) is 10.4. The lowest BCUT2D eigenvalue weighted by Crippen LogP contribution is -1.92. The molecule has 0 atom stereocenters. The van der Waals surface area contributed by atoms with Crippen LogP contribution >= 0.6 is 12.2 Å². The highest BCUT2D eigenvalue weighted by Crippen LogP contribution is 2.30. The Kier molecular flexibility index (Phi) is 2.95. The highest BCUT2D eigenvalue weighted by molar-refractivity contribution is 7.78. The van der Waals surface area contributed by atoms with Crippen LogP contribution < -0.4 is 0 Å². The predicted molar refractivity (Wildman–Crippen MR) is 47.7 cm³/mol. The summed E-state index contributed by atoms with van der Waals surface area (Å²) in [5, 5.41) is 12.1. The van der Waals surface area contributed by atoms with Gasteiger partial charge in [0, 0.05) is 6.07 Å². The molecule has 0 saturated heterocycles. The van der Waals surface area contributed by atoms with E-state index in [1.807, 2.05) is 0 Å². The number of benzene rings is 1. The maximum Gasteiger partial charge on any atom is 0.301 e. The van der Waals surface area contributed by atoms with Gasteiger partial charge in [0.1, 0.15) is 5.82 Å². The third-order valence-corrected chi connectivity index (χ3v) is 1.45. The molecule has 4 nitrogen and oxygen atoms in total. The number of nitrogens with zero attached hydrogens (tertiary/aromatic N) is 2. The number of hydrogen-bond acceptors (Lipinski definition) is 4. The summed E-state index contributed by atoms with van der Waals surface area (Å²) in [7, 11) is 0. The molecule has 7 heteroatoms. The van der Waals surface area contributed by atoms with Crippen molar-refractivity contribution < 1.29 is 13.7 Å². The number of nitro benzene ring substituents is 1. The van der Waals surface area contributed by atoms with Crippen LogP contribution in [0.2, 0.25) is 0 Å². The Morgan fingerprint density at radius 1 is 1.50 bits per heavy atom. The van der Waals surface area contributed by atoms with Gasteiger partial charge in [-0.25, -0.2) is 8.78 Å². The average Bonchev–Trinajstić information content (AvgIpc) is 2.09. The second kappa shape index (κ2) is 3.99. The Morgan fingerprint density at radius 3 is 2.64 bits per heavy atom. The fourth-order valence-electron chi connectivity index (χ4n) is 0.848. The Bertz CT molecular complexity index is 444. The third kappa shape index (κ3) is 1.95. The summed E-state index contributed by atoms with van der Waals surface area (Å²) in [5.74, 6) is -2.19. The second-order valence-electron chi connectivity index (χ2n) is 2.22. The van der Waals surface area contributed by atoms with Crippen molar-refractivity contribution in [3.05, 3.63) is 33.9 Å². The Hall–Kier alpha value is -1.72. The standard InChI is InChI=1S/C7H2F2N2O2S/c8-4-1-5(9)7(10-3-14)6(2-4)11(12)13/h1-2H. The summed E-state index contributed by atoms with van der Waals surface area (Å²) in [6.45, 7) is 0. The van der Waals surface area contributed by atoms with Crippen molar-refractivity contribution >= 4 is 28.8 Å². The monoisotopic (exact) mass is 216 g/mol. The van der Waals surface area contributed by atoms with E-state index in [4.69, 9.17) is 0 Å². The van der Waals surface area contributed by atoms with Gasteiger partial charge in [0.05, 0.1) is 16.2 Å². The van der Waals surface area contributed by atoms with E-state index < -0.39 is 27.9 Å². The molecule has 72 valence electrons. The highest BCUT2D eigenvalue weighted by atomic mass is 32.1. The van der Waals surface area contributed by atoms with Crippen molar-refractivity contribution in [2.75, 3.05) is 0 Å². The fraction of sp³-hybridized carbons (Fsp3) is 0. The van der Waals surface area contributed by atoms with Crippen molar-refractivity contribution in [3.63, 3.8) is 0 Å². The molecule has 0 aliphatic rings. The Balaban J connectivity index is 3.51. The minimum Gasteiger partial charge on any atom is -0.258 e. The van der Waals surface area contributed by atoms with Gasteiger partial charge < -0.3 is 0 Å². The molecular weight excluding hydrogens is 214 g/mol. The SMILES string of the molecule is O=[N+]([O-])c1cc(F)cc(F)c1N=C=S. The van der Waals surface area contributed by atoms with Crippen LogP contribution in [0.25, 0.3) is 0 Å². The number of aliphatic imine (C=N–C) groups is 1. The zero-order valence-corrected chi connectivity index (χ0v) is 7.35. The molecule has 0 bridgehead atoms. The van der Waals surface area contributed by atoms with Crippen LogP contribution in [0.4, 0.5) is 20.2 Å². The van der Waals surface area contributed by atoms with Crippen molar-refractivity contribution in [2.45, 2.75) is 0 Å². The van der Waals surface area contributed by atoms with Crippen LogP contribution in [0, 0.1) is 21.7 Å². The van der Waals surface area contributed by atoms with E-state index in [0.29, 0.717) is 12.1 Å². The molecule has 0 N–H and O–H groups in total. The van der Waals surface area contributed by atoms with Crippen LogP contribution in [0.3, 0.4) is 0 Å². The number of nitro groups is 1. The molecule has 14 heavy (non-hydrogen) atoms. The largest absolute Gasteiger partial charge is 0.301 e. The van der Waals surface area contributed by atoms with E-state index >= 15 is 0 Å². The van der Waals surface area contributed by atoms with Crippen LogP contribution in [0.1, 0.15) is 0 Å². The molecule has 1 rings (SSSR count). The Morgan fingerprint density at radius 2 is 2.14 bits per heavy atom. The third-order valence-electron chi connectivity index (χ3n) is 1.36. The van der Waals surface area contributed by atoms with Gasteiger partial charge in [0.2, 0.25) is 0 Å². The van der Waals surface area contributed by atoms with Crippen molar-refractivity contribution in [1.82, 2.24) is 0 Å². The van der Waals surface area contributed by atoms with Gasteiger partial charge >= 0.3 is 5.69 Å². The molecule has 0 aliphatic carbocycles. The van der Waals surface area contributed by atoms with Gasteiger partial charge in [-0.3, -0.25) is 10.1 Å². The van der Waals surface area contributed by atoms with E-state index in [2.05, 4.69) is 17.2 Å². The minimum absolute atomic E-state index is 0.485. The molecular formula is C7H2F2N2O2S. The number of hydrogen-bond donors (Lipinski definition) is 0. The first-order chi connectivity index (χ1) is 6.56. The maximum atomic E-state index is 12.9. The van der Waals surface area contributed by atoms with Crippen LogP contribution in [0.15, 0.2) is 17.1 Å². The summed E-state index contributed by atoms with van der Waals surface area (Å²) >= 11 is 4.17. The molecule has 1 aromatic rings. The molecule has 0 saturated carbocycles. The fourth-order valence-corrected chi connectivity index (χ4v) is 0.939. The number of rotatable bonds is 2. The molecule has 1 aromatic carbocycles. The summed E-state index contributed by atoms with van der Waals surface area (Å²) < 4.78 is 25.5. The lowest BCUT2D eigenvalue weighted by atomic mass is 10.2. The van der Waals surface area contributed by atoms with Crippen LogP contribution in [-0.4, -0.2) is 10.1 Å². The van der Waals surface area contributed by atoms with Crippen molar-refractivity contribution in [2.24, 2.45) is 4.99 Å². The van der Waals surface area contributed by atoms with Crippen molar-refractivity contribution in [1.29, 1.82) is 0 Å². The normalized spacial score (nSPS) is 9.29. The van der Waals surface area contributed by atoms with E-state index in [9.17, 15) is 18.9 Å². The molecule has 0 spiro atoms. The lowest BCUT2D eigenvalue weighted by molar-refractivity contribution is -0.384. The Labute approximate surface area is 82.0 Å². The van der Waals surface area contributed by atoms with Crippen LogP contribution in [-0.2, 0) is 0 Å². The number of halogens is 2. The number of isothiocyanates is 1. The molecule has 0 fully saturated rings. The molecule has 0 aromatic heterocycles. The summed E-state index contributed by atoms with van der Waals surface area (Å²) in [6.07, 6.45) is 0. The summed E-state index contributed by atoms with van der Waals surface area (Å²) in [4.78, 5) is 12.6. The molecule has 0 amide bonds. The smallest absolute Gasteiger partial charge is 0.258 e. The van der Waals surface area contributed by atoms with Gasteiger partial charge in [-0.2, -0.15) is 4.99 Å². The molecule has 0 radical (unpaired) electrons. The summed E-state index contributed by atoms with van der Waals surface area (Å²) in [5.41, 5.74) is -1.40. The predicted octanol–water partition coefficient (Wildman–Crippen LogP) is 2.61. The van der Waals surface area contributed by atoms with Crippen LogP contribution in [0.5, 0.6) is 0 Å². The van der Waals surface area contributed by atoms with E-state index in [1.54, 1.807) is 5.16 Å². The zero-order chi connectivity index (χ0) is 10.7. The zero-order valence-electron chi connectivity index (χ0n) is 6.53. The highest BCUT2D eigenvalue weighted by Gasteiger charge is 2.19. The van der Waals surface area contributed by atoms with E-state index in [-0.39, 0.29) is 0 Å². The summed E-state index contributed by atoms with van der Waals surface area (Å²) in [6, 6.07) is 1.05. The van der Waals surface area contributed by atoms with Crippen molar-refractivity contribution in [3.8, 4) is 0 Å². The topological polar surface area (TPSA) is 55.5 Å². The molecule has 0 unspecified atom stereocenters. The minimum atomic E-state index is -1.14. The number of thiocarbonyl (C=S) groups is 1. The quantitative estimate of drug-likeness (QED) is 0.330. The molecule has 0 heterocycles. The van der Waals surface area contributed by atoms with Gasteiger partial charge in [-0.05, 0) is 12.2 Å². The first-order valence-electron chi connectivity index (χ1n) is 3.27. The van der Waals surface area contributed by atoms with Gasteiger partial charge in [-0.15, -0.1) is 0 Å². The van der Waals surface area contributed by atoms with Gasteiger partial charge in [-0.1, -0.05) is 0 Å². The molecule has 0 aliphatic heterocycles. The average molecular weight is 216 g/mol. The maximum absolute atomic E-state index is 12.9. The van der Waals surface area contributed by atoms with E-state index in [0.717, 1.165) is 0 Å². The van der Waals surface area contributed by atoms with Gasteiger partial charge in [0.25, 0.3) is 0 Å².